The molecule has 12 heavy (non-hydrogen) atoms. The van der Waals surface area contributed by atoms with Crippen molar-refractivity contribution in [1.82, 2.24) is 4.90 Å². The van der Waals surface area contributed by atoms with Gasteiger partial charge in [0, 0.05) is 12.6 Å². The Balaban J connectivity index is 2.34. The Labute approximate surface area is 69.9 Å². The monoisotopic (exact) mass is 173 g/mol. The van der Waals surface area contributed by atoms with Gasteiger partial charge in [0.25, 0.3) is 0 Å². The summed E-state index contributed by atoms with van der Waals surface area (Å²) in [5.74, 6) is -0.356. The average molecular weight is 173 g/mol. The van der Waals surface area contributed by atoms with Gasteiger partial charge < -0.3 is 14.7 Å². The highest BCUT2D eigenvalue weighted by atomic mass is 16.5. The summed E-state index contributed by atoms with van der Waals surface area (Å²) in [4.78, 5) is 22.4. The summed E-state index contributed by atoms with van der Waals surface area (Å²) in [7, 11) is 1.30. The van der Waals surface area contributed by atoms with Crippen molar-refractivity contribution in [2.75, 3.05) is 13.7 Å². The lowest BCUT2D eigenvalue weighted by molar-refractivity contribution is -0.142. The molecule has 0 saturated carbocycles. The van der Waals surface area contributed by atoms with Crippen molar-refractivity contribution in [2.24, 2.45) is 0 Å². The van der Waals surface area contributed by atoms with Crippen LogP contribution in [0.3, 0.4) is 0 Å². The Morgan fingerprint density at radius 3 is 2.67 bits per heavy atom. The van der Waals surface area contributed by atoms with Gasteiger partial charge in [-0.25, -0.2) is 4.79 Å². The molecule has 1 amide bonds. The van der Waals surface area contributed by atoms with Crippen LogP contribution in [0.1, 0.15) is 12.8 Å². The van der Waals surface area contributed by atoms with Crippen molar-refractivity contribution in [2.45, 2.75) is 18.9 Å². The second-order valence-corrected chi connectivity index (χ2v) is 2.70. The van der Waals surface area contributed by atoms with Crippen molar-refractivity contribution in [3.63, 3.8) is 0 Å². The van der Waals surface area contributed by atoms with Gasteiger partial charge in [0.15, 0.2) is 0 Å². The van der Waals surface area contributed by atoms with Gasteiger partial charge >= 0.3 is 12.1 Å². The number of amides is 1. The van der Waals surface area contributed by atoms with E-state index in [0.717, 1.165) is 6.42 Å². The molecule has 0 bridgehead atoms. The van der Waals surface area contributed by atoms with Gasteiger partial charge in [0.2, 0.25) is 0 Å². The molecule has 0 aromatic heterocycles. The first-order valence-corrected chi connectivity index (χ1v) is 3.71. The molecule has 1 fully saturated rings. The summed E-state index contributed by atoms with van der Waals surface area (Å²) < 4.78 is 4.43. The molecule has 5 nitrogen and oxygen atoms in total. The first-order valence-electron chi connectivity index (χ1n) is 3.71. The Hall–Kier alpha value is -1.26. The second-order valence-electron chi connectivity index (χ2n) is 2.70. The fourth-order valence-electron chi connectivity index (χ4n) is 1.18. The van der Waals surface area contributed by atoms with Crippen molar-refractivity contribution >= 4 is 12.1 Å². The number of rotatable bonds is 2. The number of methoxy groups -OCH3 is 1. The maximum Gasteiger partial charge on any atom is 0.407 e. The van der Waals surface area contributed by atoms with Crippen LogP contribution in [0.25, 0.3) is 0 Å². The molecule has 0 aromatic rings. The average Bonchev–Trinajstić information content (AvgIpc) is 1.96. The lowest BCUT2D eigenvalue weighted by Gasteiger charge is -2.37. The molecule has 1 aliphatic heterocycles. The zero-order valence-corrected chi connectivity index (χ0v) is 6.82. The topological polar surface area (TPSA) is 66.8 Å². The molecule has 1 saturated heterocycles. The van der Waals surface area contributed by atoms with Gasteiger partial charge in [-0.15, -0.1) is 0 Å². The third-order valence-corrected chi connectivity index (χ3v) is 2.02. The van der Waals surface area contributed by atoms with Crippen molar-refractivity contribution in [1.29, 1.82) is 0 Å². The lowest BCUT2D eigenvalue weighted by atomic mass is 10.0. The molecule has 68 valence electrons. The Morgan fingerprint density at radius 2 is 2.33 bits per heavy atom. The van der Waals surface area contributed by atoms with Gasteiger partial charge in [-0.3, -0.25) is 4.79 Å². The highest BCUT2D eigenvalue weighted by Gasteiger charge is 2.33. The summed E-state index contributed by atoms with van der Waals surface area (Å²) in [6.07, 6.45) is -0.0420. The number of hydrogen-bond donors (Lipinski definition) is 1. The van der Waals surface area contributed by atoms with Gasteiger partial charge in [0.05, 0.1) is 13.5 Å². The molecule has 1 N–H and O–H groups in total. The first kappa shape index (κ1) is 8.83. The van der Waals surface area contributed by atoms with Crippen LogP contribution in [0.4, 0.5) is 4.79 Å². The van der Waals surface area contributed by atoms with E-state index in [2.05, 4.69) is 4.74 Å². The summed E-state index contributed by atoms with van der Waals surface area (Å²) in [5.41, 5.74) is 0. The zero-order valence-electron chi connectivity index (χ0n) is 6.82. The second kappa shape index (κ2) is 3.42. The van der Waals surface area contributed by atoms with Crippen molar-refractivity contribution in [3.8, 4) is 0 Å². The van der Waals surface area contributed by atoms with E-state index in [4.69, 9.17) is 5.11 Å². The van der Waals surface area contributed by atoms with Crippen molar-refractivity contribution < 1.29 is 19.4 Å². The standard InChI is InChI=1S/C7H11NO4/c1-12-6(9)4-5-2-3-8(5)7(10)11/h5H,2-4H2,1H3,(H,10,11). The summed E-state index contributed by atoms with van der Waals surface area (Å²) >= 11 is 0. The van der Waals surface area contributed by atoms with Crippen LogP contribution < -0.4 is 0 Å². The number of carbonyl (C=O) groups excluding carboxylic acids is 1. The van der Waals surface area contributed by atoms with Crippen LogP contribution in [0.15, 0.2) is 0 Å². The highest BCUT2D eigenvalue weighted by Crippen LogP contribution is 2.20. The molecular weight excluding hydrogens is 162 g/mol. The molecule has 1 unspecified atom stereocenters. The van der Waals surface area contributed by atoms with E-state index in [1.165, 1.54) is 12.0 Å². The van der Waals surface area contributed by atoms with Gasteiger partial charge in [-0.2, -0.15) is 0 Å². The molecule has 0 aromatic carbocycles. The molecule has 1 aliphatic rings. The number of nitrogens with zero attached hydrogens (tertiary/aromatic N) is 1. The van der Waals surface area contributed by atoms with Crippen LogP contribution in [0.5, 0.6) is 0 Å². The molecule has 0 spiro atoms. The Kier molecular flexibility index (Phi) is 2.52. The molecule has 0 radical (unpaired) electrons. The minimum Gasteiger partial charge on any atom is -0.469 e. The fourth-order valence-corrected chi connectivity index (χ4v) is 1.18. The molecular formula is C7H11NO4. The third-order valence-electron chi connectivity index (χ3n) is 2.02. The number of esters is 1. The van der Waals surface area contributed by atoms with Crippen LogP contribution in [0.2, 0.25) is 0 Å². The number of carbonyl (C=O) groups is 2. The summed E-state index contributed by atoms with van der Waals surface area (Å²) in [5, 5.41) is 8.56. The van der Waals surface area contributed by atoms with E-state index in [0.29, 0.717) is 6.54 Å². The van der Waals surface area contributed by atoms with Gasteiger partial charge in [-0.1, -0.05) is 0 Å². The largest absolute Gasteiger partial charge is 0.469 e. The number of carboxylic acid groups (broad SMARTS) is 1. The quantitative estimate of drug-likeness (QED) is 0.610. The molecule has 1 rings (SSSR count). The Bertz CT molecular complexity index is 204. The number of ether oxygens (including phenoxy) is 1. The Morgan fingerprint density at radius 1 is 1.67 bits per heavy atom. The summed E-state index contributed by atoms with van der Waals surface area (Å²) in [6, 6.07) is -0.171. The molecule has 1 heterocycles. The van der Waals surface area contributed by atoms with Gasteiger partial charge in [0.1, 0.15) is 0 Å². The van der Waals surface area contributed by atoms with E-state index in [1.54, 1.807) is 0 Å². The predicted molar refractivity (Wildman–Crippen MR) is 39.8 cm³/mol. The summed E-state index contributed by atoms with van der Waals surface area (Å²) in [6.45, 7) is 0.525. The van der Waals surface area contributed by atoms with E-state index >= 15 is 0 Å². The highest BCUT2D eigenvalue weighted by molar-refractivity contribution is 5.72. The normalized spacial score (nSPS) is 21.4. The smallest absolute Gasteiger partial charge is 0.407 e. The van der Waals surface area contributed by atoms with Crippen LogP contribution in [-0.4, -0.2) is 41.8 Å². The van der Waals surface area contributed by atoms with Gasteiger partial charge in [-0.05, 0) is 6.42 Å². The third kappa shape index (κ3) is 1.66. The van der Waals surface area contributed by atoms with Crippen LogP contribution in [-0.2, 0) is 9.53 Å². The minimum absolute atomic E-state index is 0.169. The predicted octanol–water partition coefficient (Wildman–Crippen LogP) is 0.302. The first-order chi connectivity index (χ1) is 5.65. The van der Waals surface area contributed by atoms with E-state index < -0.39 is 6.09 Å². The zero-order chi connectivity index (χ0) is 9.14. The van der Waals surface area contributed by atoms with E-state index in [9.17, 15) is 9.59 Å². The maximum atomic E-state index is 10.7. The fraction of sp³-hybridized carbons (Fsp3) is 0.714. The lowest BCUT2D eigenvalue weighted by Crippen LogP contribution is -2.51. The number of hydrogen-bond acceptors (Lipinski definition) is 3. The van der Waals surface area contributed by atoms with Crippen LogP contribution in [0, 0.1) is 0 Å². The van der Waals surface area contributed by atoms with E-state index in [1.807, 2.05) is 0 Å². The number of likely N-dealkylation sites (tertiary alicyclic amines) is 1. The molecule has 5 heteroatoms. The molecule has 1 atom stereocenters. The van der Waals surface area contributed by atoms with E-state index in [-0.39, 0.29) is 18.4 Å². The van der Waals surface area contributed by atoms with Crippen molar-refractivity contribution in [3.05, 3.63) is 0 Å². The minimum atomic E-state index is -0.963. The van der Waals surface area contributed by atoms with Crippen LogP contribution >= 0.6 is 0 Å². The SMILES string of the molecule is COC(=O)CC1CCN1C(=O)O. The maximum absolute atomic E-state index is 10.7. The molecule has 0 aliphatic carbocycles.